The zero-order chi connectivity index (χ0) is 50.9. The molecule has 3 aliphatic heterocycles. The van der Waals surface area contributed by atoms with Gasteiger partial charge in [0.1, 0.15) is 18.1 Å². The molecule has 4 N–H and O–H groups in total. The molecule has 7 amide bonds. The first-order chi connectivity index (χ1) is 33.0. The Morgan fingerprint density at radius 1 is 1.01 bits per heavy atom. The van der Waals surface area contributed by atoms with Gasteiger partial charge in [-0.1, -0.05) is 60.7 Å². The van der Waals surface area contributed by atoms with E-state index in [-0.39, 0.29) is 66.9 Å². The summed E-state index contributed by atoms with van der Waals surface area (Å²) in [6.07, 6.45) is 2.17. The molecule has 3 aliphatic rings. The van der Waals surface area contributed by atoms with Crippen LogP contribution in [-0.4, -0.2) is 111 Å². The number of hydrogen-bond donors (Lipinski definition) is 4. The zero-order valence-electron chi connectivity index (χ0n) is 38.8. The fraction of sp³-hybridized carbons (Fsp3) is 0.408. The van der Waals surface area contributed by atoms with Gasteiger partial charge >= 0.3 is 13.3 Å². The number of rotatable bonds is 14. The fourth-order valence-electron chi connectivity index (χ4n) is 8.77. The van der Waals surface area contributed by atoms with E-state index in [1.54, 1.807) is 69.1 Å². The van der Waals surface area contributed by atoms with Gasteiger partial charge in [0.05, 0.1) is 4.88 Å². The number of anilines is 1. The average molecular weight is 1070 g/mol. The Labute approximate surface area is 415 Å². The van der Waals surface area contributed by atoms with E-state index in [0.717, 1.165) is 33.5 Å². The summed E-state index contributed by atoms with van der Waals surface area (Å²) in [5.74, 6) is 3.34. The zero-order valence-corrected chi connectivity index (χ0v) is 42.1. The molecule has 2 unspecified atom stereocenters. The van der Waals surface area contributed by atoms with Gasteiger partial charge in [0.25, 0.3) is 11.8 Å². The highest BCUT2D eigenvalue weighted by molar-refractivity contribution is 9.10. The lowest BCUT2D eigenvalue weighted by atomic mass is 9.85. The smallest absolute Gasteiger partial charge is 0.346 e. The van der Waals surface area contributed by atoms with E-state index < -0.39 is 66.0 Å². The Kier molecular flexibility index (Phi) is 15.5. The maximum atomic E-state index is 14.6. The summed E-state index contributed by atoms with van der Waals surface area (Å²) in [6.45, 7) is 6.06. The Bertz CT molecular complexity index is 2870. The maximum absolute atomic E-state index is 14.6. The van der Waals surface area contributed by atoms with E-state index in [4.69, 9.17) is 0 Å². The van der Waals surface area contributed by atoms with Crippen LogP contribution < -0.4 is 15.5 Å². The molecular formula is C49H52BrF2N6O10PS. The van der Waals surface area contributed by atoms with Crippen molar-refractivity contribution in [3.05, 3.63) is 98.3 Å². The number of imide groups is 1. The van der Waals surface area contributed by atoms with Crippen molar-refractivity contribution in [2.75, 3.05) is 31.6 Å². The maximum Gasteiger partial charge on any atom is 0.399 e. The van der Waals surface area contributed by atoms with Crippen molar-refractivity contribution in [3.8, 4) is 11.8 Å². The van der Waals surface area contributed by atoms with Crippen LogP contribution in [0.2, 0.25) is 0 Å². The number of fused-ring (bicyclic) bond motifs is 2. The number of carbonyl (C=O) groups excluding carboxylic acids is 7. The van der Waals surface area contributed by atoms with E-state index in [2.05, 4.69) is 38.4 Å². The van der Waals surface area contributed by atoms with E-state index >= 15 is 0 Å². The number of nitrogens with zero attached hydrogens (tertiary/aromatic N) is 4. The Morgan fingerprint density at radius 2 is 1.74 bits per heavy atom. The van der Waals surface area contributed by atoms with Gasteiger partial charge in [-0.2, -0.15) is 8.78 Å². The number of unbranched alkanes of at least 4 members (excludes halogenated alkanes) is 1. The first-order valence-electron chi connectivity index (χ1n) is 22.6. The quantitative estimate of drug-likeness (QED) is 0.0466. The summed E-state index contributed by atoms with van der Waals surface area (Å²) < 4.78 is 41.7. The van der Waals surface area contributed by atoms with Crippen molar-refractivity contribution in [2.24, 2.45) is 5.41 Å². The monoisotopic (exact) mass is 1060 g/mol. The van der Waals surface area contributed by atoms with Gasteiger partial charge in [-0.15, -0.1) is 11.3 Å². The molecule has 4 heterocycles. The molecule has 4 aromatic rings. The predicted octanol–water partition coefficient (Wildman–Crippen LogP) is 6.50. The standard InChI is InChI=1S/C49H52BrF2N6O10PS/c1-48(2,3)42(54-44(62)39-27-30-26-31(14-20-38(30)70-39)49(51,52)69(66,67)68)47(65)57-24-9-13-37(57)46(64)56(33-17-15-32(50)16-18-33)25-22-41(60)55(4)23-7-5-6-10-29-11-8-12-34-35(29)28-58(45(34)63)36-19-21-40(59)53-43(36)61/h8,11-12,14-18,20,26-27,36-37,42H,5,7,9,13,19,21-25,28H2,1-4H3,(H,54,62)(H,53,59,61)(H2,66,67,68)/t36?,37-,42?/m0/s1. The molecule has 3 aromatic carbocycles. The second-order valence-electron chi connectivity index (χ2n) is 18.6. The number of benzene rings is 3. The van der Waals surface area contributed by atoms with Crippen LogP contribution in [0, 0.1) is 17.3 Å². The number of nitrogens with one attached hydrogen (secondary N) is 2. The van der Waals surface area contributed by atoms with Crippen LogP contribution in [0.15, 0.2) is 71.2 Å². The van der Waals surface area contributed by atoms with Gasteiger partial charge in [-0.05, 0) is 96.6 Å². The highest BCUT2D eigenvalue weighted by atomic mass is 79.9. The topological polar surface area (TPSA) is 214 Å². The van der Waals surface area contributed by atoms with Gasteiger partial charge in [-0.3, -0.25) is 43.4 Å². The van der Waals surface area contributed by atoms with Crippen LogP contribution in [0.1, 0.15) is 102 Å². The van der Waals surface area contributed by atoms with Crippen molar-refractivity contribution in [2.45, 2.75) is 96.1 Å². The van der Waals surface area contributed by atoms with Crippen LogP contribution in [0.25, 0.3) is 10.1 Å². The van der Waals surface area contributed by atoms with Crippen molar-refractivity contribution in [3.63, 3.8) is 0 Å². The molecule has 370 valence electrons. The van der Waals surface area contributed by atoms with E-state index in [0.29, 0.717) is 53.7 Å². The normalized spacial score (nSPS) is 17.7. The summed E-state index contributed by atoms with van der Waals surface area (Å²) in [7, 11) is -4.17. The molecule has 2 fully saturated rings. The Morgan fingerprint density at radius 3 is 2.43 bits per heavy atom. The third kappa shape index (κ3) is 11.2. The van der Waals surface area contributed by atoms with Gasteiger partial charge in [-0.25, -0.2) is 0 Å². The summed E-state index contributed by atoms with van der Waals surface area (Å²) in [5, 5.41) is 5.27. The van der Waals surface area contributed by atoms with Crippen LogP contribution >= 0.6 is 34.9 Å². The third-order valence-corrected chi connectivity index (χ3v) is 15.3. The Balaban J connectivity index is 0.980. The van der Waals surface area contributed by atoms with Crippen molar-refractivity contribution < 1.29 is 56.7 Å². The van der Waals surface area contributed by atoms with Crippen LogP contribution in [0.3, 0.4) is 0 Å². The molecule has 0 aliphatic carbocycles. The SMILES string of the molecule is CN(CCCC#Cc1cccc2c1CN(C1CCC(=O)NC1=O)C2=O)C(=O)CCN(C(=O)[C@@H]1CCCN1C(=O)C(NC(=O)c1cc2cc(C(F)(F)P(=O)(O)O)ccc2s1)C(C)(C)C)c1ccc(Br)cc1. The molecule has 0 bridgehead atoms. The van der Waals surface area contributed by atoms with Gasteiger partial charge < -0.3 is 34.7 Å². The minimum Gasteiger partial charge on any atom is -0.346 e. The van der Waals surface area contributed by atoms with Crippen molar-refractivity contribution in [1.82, 2.24) is 25.3 Å². The lowest BCUT2D eigenvalue weighted by molar-refractivity contribution is -0.141. The number of likely N-dealkylation sites (tertiary alicyclic amines) is 1. The fourth-order valence-corrected chi connectivity index (χ4v) is 10.5. The predicted molar refractivity (Wildman–Crippen MR) is 261 cm³/mol. The molecule has 21 heteroatoms. The third-order valence-electron chi connectivity index (χ3n) is 12.6. The number of hydrogen-bond acceptors (Lipinski definition) is 9. The van der Waals surface area contributed by atoms with Gasteiger partial charge in [0.2, 0.25) is 29.5 Å². The molecule has 70 heavy (non-hydrogen) atoms. The van der Waals surface area contributed by atoms with E-state index in [9.17, 15) is 56.7 Å². The summed E-state index contributed by atoms with van der Waals surface area (Å²) in [5.41, 5.74) is -3.85. The molecule has 0 saturated carbocycles. The molecule has 3 atom stereocenters. The number of piperidine rings is 1. The first kappa shape index (κ1) is 52.0. The molecule has 2 saturated heterocycles. The van der Waals surface area contributed by atoms with Crippen molar-refractivity contribution >= 4 is 92.0 Å². The summed E-state index contributed by atoms with van der Waals surface area (Å²) >= 11 is 4.39. The minimum absolute atomic E-state index is 0.00281. The second kappa shape index (κ2) is 20.9. The number of amides is 7. The van der Waals surface area contributed by atoms with Crippen LogP contribution in [0.4, 0.5) is 14.5 Å². The van der Waals surface area contributed by atoms with Gasteiger partial charge in [0.15, 0.2) is 0 Å². The molecule has 0 radical (unpaired) electrons. The van der Waals surface area contributed by atoms with Crippen LogP contribution in [0.5, 0.6) is 0 Å². The summed E-state index contributed by atoms with van der Waals surface area (Å²) in [4.78, 5) is 118. The lowest BCUT2D eigenvalue weighted by Gasteiger charge is -2.36. The molecule has 0 spiro atoms. The molecule has 1 aromatic heterocycles. The van der Waals surface area contributed by atoms with E-state index in [1.807, 2.05) is 6.07 Å². The first-order valence-corrected chi connectivity index (χ1v) is 25.8. The molecular weight excluding hydrogens is 1010 g/mol. The highest BCUT2D eigenvalue weighted by Gasteiger charge is 2.50. The van der Waals surface area contributed by atoms with Crippen LogP contribution in [-0.2, 0) is 40.7 Å². The largest absolute Gasteiger partial charge is 0.399 e. The lowest BCUT2D eigenvalue weighted by Crippen LogP contribution is -2.58. The minimum atomic E-state index is -5.83. The van der Waals surface area contributed by atoms with E-state index in [1.165, 1.54) is 26.8 Å². The number of thiophene rings is 1. The number of carbonyl (C=O) groups is 7. The summed E-state index contributed by atoms with van der Waals surface area (Å²) in [6, 6.07) is 13.8. The molecule has 7 rings (SSSR count). The second-order valence-corrected chi connectivity index (χ2v) is 22.2. The Hall–Kier alpha value is -5.84. The average Bonchev–Trinajstić information content (AvgIpc) is 4.05. The van der Waals surface area contributed by atoms with Gasteiger partial charge in [0, 0.05) is 84.0 Å². The van der Waals surface area contributed by atoms with Crippen molar-refractivity contribution in [1.29, 1.82) is 0 Å². The number of halogens is 3. The molecule has 16 nitrogen and oxygen atoms in total. The number of alkyl halides is 2. The highest BCUT2D eigenvalue weighted by Crippen LogP contribution is 2.59.